The first kappa shape index (κ1) is 52.0. The molecule has 0 radical (unpaired) electrons. The number of nitrogen functional groups attached to an aromatic ring is 1. The maximum absolute atomic E-state index is 12.9. The van der Waals surface area contributed by atoms with Gasteiger partial charge in [0, 0.05) is 41.9 Å². The van der Waals surface area contributed by atoms with Gasteiger partial charge in [-0.1, -0.05) is 72.8 Å². The summed E-state index contributed by atoms with van der Waals surface area (Å²) in [6.45, 7) is 16.1. The fourth-order valence-corrected chi connectivity index (χ4v) is 6.29. The summed E-state index contributed by atoms with van der Waals surface area (Å²) in [7, 11) is 1.63. The lowest BCUT2D eigenvalue weighted by Crippen LogP contribution is -2.42. The average molecular weight is 864 g/mol. The normalized spacial score (nSPS) is 13.0. The van der Waals surface area contributed by atoms with Gasteiger partial charge >= 0.3 is 0 Å². The van der Waals surface area contributed by atoms with Crippen LogP contribution in [-0.2, 0) is 12.8 Å². The molecule has 5 rings (SSSR count). The summed E-state index contributed by atoms with van der Waals surface area (Å²) in [5.74, 6) is 0.874. The van der Waals surface area contributed by atoms with Crippen LogP contribution < -0.4 is 26.4 Å². The molecule has 0 bridgehead atoms. The van der Waals surface area contributed by atoms with Crippen molar-refractivity contribution in [3.8, 4) is 17.6 Å². The molecular formula is C52H70FN5O5. The van der Waals surface area contributed by atoms with Crippen molar-refractivity contribution in [2.24, 2.45) is 0 Å². The molecule has 0 aliphatic heterocycles. The summed E-state index contributed by atoms with van der Waals surface area (Å²) >= 11 is 0. The minimum atomic E-state index is -0.637. The number of nitrogens with zero attached hydrogens (tertiary/aromatic N) is 1. The number of nitriles is 1. The number of nitrogens with two attached hydrogens (primary N) is 1. The van der Waals surface area contributed by atoms with E-state index in [0.717, 1.165) is 48.1 Å². The van der Waals surface area contributed by atoms with Crippen LogP contribution in [0, 0.1) is 17.1 Å². The number of benzene rings is 5. The standard InChI is InChI=1S/C20H27NO3.C19H24FNO.C13H19N3O/c1-20(2,13-12-15-4-8-17(22)9-5-15)21-14-19(23)16-6-10-18(24-3)11-7-16;1-19(2,13-12-15-8-10-17(20)11-9-15)21-14-18(22)16-6-4-3-5-7-16;1-13(2,3)16-8-12(17)9-4-5-11(15)10(6-9)7-14/h4-11,19,21-23H,12-14H2,1-3H3;3-11,18,21-22H,12-14H2,1-2H3;4-6,12,16-17H,8,15H2,1-3H3. The van der Waals surface area contributed by atoms with Gasteiger partial charge in [0.05, 0.1) is 31.0 Å². The molecule has 3 atom stereocenters. The summed E-state index contributed by atoms with van der Waals surface area (Å²) in [6, 6.07) is 38.1. The lowest BCUT2D eigenvalue weighted by atomic mass is 9.94. The second-order valence-corrected chi connectivity index (χ2v) is 18.1. The Kier molecular flexibility index (Phi) is 20.7. The first-order valence-corrected chi connectivity index (χ1v) is 21.5. The summed E-state index contributed by atoms with van der Waals surface area (Å²) in [5.41, 5.74) is 11.0. The Bertz CT molecular complexity index is 2100. The van der Waals surface area contributed by atoms with Crippen molar-refractivity contribution in [3.63, 3.8) is 0 Å². The number of halogens is 1. The fraction of sp³-hybridized carbons (Fsp3) is 0.404. The van der Waals surface area contributed by atoms with Gasteiger partial charge < -0.3 is 46.8 Å². The van der Waals surface area contributed by atoms with Crippen molar-refractivity contribution >= 4 is 5.69 Å². The molecule has 0 aromatic heterocycles. The number of hydrogen-bond acceptors (Lipinski definition) is 10. The molecule has 0 aliphatic rings. The van der Waals surface area contributed by atoms with Gasteiger partial charge in [0.15, 0.2) is 0 Å². The lowest BCUT2D eigenvalue weighted by Gasteiger charge is -2.28. The molecule has 0 saturated carbocycles. The van der Waals surface area contributed by atoms with Gasteiger partial charge in [-0.3, -0.25) is 0 Å². The molecule has 0 aliphatic carbocycles. The molecule has 10 nitrogen and oxygen atoms in total. The number of hydrogen-bond donors (Lipinski definition) is 8. The monoisotopic (exact) mass is 864 g/mol. The molecule has 3 unspecified atom stereocenters. The smallest absolute Gasteiger partial charge is 0.123 e. The number of phenols is 1. The van der Waals surface area contributed by atoms with Crippen molar-refractivity contribution < 1.29 is 29.6 Å². The lowest BCUT2D eigenvalue weighted by molar-refractivity contribution is 0.159. The summed E-state index contributed by atoms with van der Waals surface area (Å²) < 4.78 is 18.0. The molecule has 5 aromatic rings. The van der Waals surface area contributed by atoms with Crippen molar-refractivity contribution in [3.05, 3.63) is 161 Å². The quantitative estimate of drug-likeness (QED) is 0.0398. The zero-order valence-electron chi connectivity index (χ0n) is 38.3. The Labute approximate surface area is 375 Å². The third-order valence-corrected chi connectivity index (χ3v) is 10.6. The molecule has 0 saturated heterocycles. The first-order valence-electron chi connectivity index (χ1n) is 21.5. The average Bonchev–Trinajstić information content (AvgIpc) is 3.27. The van der Waals surface area contributed by atoms with Crippen LogP contribution in [0.25, 0.3) is 0 Å². The molecule has 340 valence electrons. The minimum Gasteiger partial charge on any atom is -0.508 e. The molecule has 0 heterocycles. The molecule has 0 fully saturated rings. The van der Waals surface area contributed by atoms with Crippen LogP contribution in [0.3, 0.4) is 0 Å². The van der Waals surface area contributed by atoms with Crippen LogP contribution in [0.2, 0.25) is 0 Å². The molecule has 0 amide bonds. The second-order valence-electron chi connectivity index (χ2n) is 18.1. The van der Waals surface area contributed by atoms with E-state index in [4.69, 9.17) is 15.7 Å². The highest BCUT2D eigenvalue weighted by molar-refractivity contribution is 5.55. The van der Waals surface area contributed by atoms with Gasteiger partial charge in [0.1, 0.15) is 23.4 Å². The van der Waals surface area contributed by atoms with Gasteiger partial charge in [-0.25, -0.2) is 4.39 Å². The van der Waals surface area contributed by atoms with Crippen molar-refractivity contribution in [1.29, 1.82) is 5.26 Å². The van der Waals surface area contributed by atoms with Crippen molar-refractivity contribution in [2.75, 3.05) is 32.5 Å². The summed E-state index contributed by atoms with van der Waals surface area (Å²) in [4.78, 5) is 0. The van der Waals surface area contributed by atoms with Crippen LogP contribution in [0.5, 0.6) is 11.5 Å². The summed E-state index contributed by atoms with van der Waals surface area (Å²) in [5, 5.41) is 58.7. The maximum atomic E-state index is 12.9. The topological polar surface area (TPSA) is 176 Å². The van der Waals surface area contributed by atoms with E-state index in [-0.39, 0.29) is 22.4 Å². The third-order valence-electron chi connectivity index (χ3n) is 10.6. The molecule has 9 N–H and O–H groups in total. The van der Waals surface area contributed by atoms with E-state index in [1.807, 2.05) is 106 Å². The van der Waals surface area contributed by atoms with Crippen LogP contribution in [0.15, 0.2) is 121 Å². The van der Waals surface area contributed by atoms with Crippen LogP contribution >= 0.6 is 0 Å². The van der Waals surface area contributed by atoms with Crippen molar-refractivity contribution in [1.82, 2.24) is 16.0 Å². The van der Waals surface area contributed by atoms with Crippen LogP contribution in [-0.4, -0.2) is 63.8 Å². The van der Waals surface area contributed by atoms with Gasteiger partial charge in [-0.2, -0.15) is 5.26 Å². The fourth-order valence-electron chi connectivity index (χ4n) is 6.29. The predicted molar refractivity (Wildman–Crippen MR) is 253 cm³/mol. The Balaban J connectivity index is 0.000000255. The Morgan fingerprint density at radius 2 is 1.06 bits per heavy atom. The number of phenolic OH excluding ortho intramolecular Hbond substituents is 1. The van der Waals surface area contributed by atoms with Gasteiger partial charge in [-0.05, 0) is 150 Å². The van der Waals surface area contributed by atoms with E-state index in [1.54, 1.807) is 37.4 Å². The Hall–Kier alpha value is -5.32. The highest BCUT2D eigenvalue weighted by Gasteiger charge is 2.21. The molecule has 11 heteroatoms. The molecule has 0 spiro atoms. The van der Waals surface area contributed by atoms with Crippen molar-refractivity contribution in [2.45, 2.75) is 109 Å². The Morgan fingerprint density at radius 3 is 1.54 bits per heavy atom. The van der Waals surface area contributed by atoms with Gasteiger partial charge in [0.2, 0.25) is 0 Å². The third kappa shape index (κ3) is 20.2. The van der Waals surface area contributed by atoms with Gasteiger partial charge in [0.25, 0.3) is 0 Å². The molecule has 5 aromatic carbocycles. The number of aliphatic hydroxyl groups is 3. The number of anilines is 1. The number of β-amino-alcohol motifs (C(OH)–C–C–N with tert-alkyl or cyclic N) is 3. The zero-order valence-corrected chi connectivity index (χ0v) is 38.3. The van der Waals surface area contributed by atoms with E-state index in [2.05, 4.69) is 43.6 Å². The van der Waals surface area contributed by atoms with E-state index in [9.17, 15) is 24.8 Å². The van der Waals surface area contributed by atoms with Crippen LogP contribution in [0.1, 0.15) is 113 Å². The number of aromatic hydroxyl groups is 1. The largest absolute Gasteiger partial charge is 0.508 e. The number of nitrogens with one attached hydrogen (secondary N) is 3. The Morgan fingerprint density at radius 1 is 0.619 bits per heavy atom. The highest BCUT2D eigenvalue weighted by Crippen LogP contribution is 2.22. The van der Waals surface area contributed by atoms with E-state index in [1.165, 1.54) is 17.7 Å². The first-order chi connectivity index (χ1) is 29.7. The highest BCUT2D eigenvalue weighted by atomic mass is 19.1. The SMILES string of the molecule is CC(C)(C)NCC(O)c1ccc(N)c(C#N)c1.CC(C)(CCc1ccc(F)cc1)NCC(O)c1ccccc1.COc1ccc(C(O)CNC(C)(C)CCc2ccc(O)cc2)cc1. The van der Waals surface area contributed by atoms with Crippen LogP contribution in [0.4, 0.5) is 10.1 Å². The van der Waals surface area contributed by atoms with Gasteiger partial charge in [-0.15, -0.1) is 0 Å². The number of rotatable bonds is 18. The van der Waals surface area contributed by atoms with E-state index < -0.39 is 18.3 Å². The predicted octanol–water partition coefficient (Wildman–Crippen LogP) is 8.86. The van der Waals surface area contributed by atoms with E-state index in [0.29, 0.717) is 42.2 Å². The number of aryl methyl sites for hydroxylation is 2. The minimum absolute atomic E-state index is 0.0488. The molecule has 63 heavy (non-hydrogen) atoms. The number of ether oxygens (including phenoxy) is 1. The maximum Gasteiger partial charge on any atom is 0.123 e. The summed E-state index contributed by atoms with van der Waals surface area (Å²) in [6.07, 6.45) is 1.95. The second kappa shape index (κ2) is 25.1. The number of aliphatic hydroxyl groups excluding tert-OH is 3. The number of methoxy groups -OCH3 is 1. The molecular weight excluding hydrogens is 794 g/mol. The zero-order chi connectivity index (χ0) is 46.6. The van der Waals surface area contributed by atoms with E-state index >= 15 is 0 Å².